The largest absolute Gasteiger partial charge is 0.381 e. The van der Waals surface area contributed by atoms with Crippen molar-refractivity contribution in [3.8, 4) is 0 Å². The molecule has 1 fully saturated rings. The fourth-order valence-corrected chi connectivity index (χ4v) is 3.47. The number of methoxy groups -OCH3 is 1. The molecule has 96 valence electrons. The highest BCUT2D eigenvalue weighted by Crippen LogP contribution is 2.36. The fourth-order valence-electron chi connectivity index (χ4n) is 2.85. The first-order valence-corrected chi connectivity index (χ1v) is 6.91. The van der Waals surface area contributed by atoms with Crippen LogP contribution in [0.25, 0.3) is 11.0 Å². The zero-order valence-corrected chi connectivity index (χ0v) is 11.7. The predicted molar refractivity (Wildman–Crippen MR) is 75.8 cm³/mol. The van der Waals surface area contributed by atoms with E-state index in [0.717, 1.165) is 40.1 Å². The van der Waals surface area contributed by atoms with Crippen LogP contribution in [-0.2, 0) is 4.74 Å². The first-order valence-electron chi connectivity index (χ1n) is 6.12. The average molecular weight is 283 g/mol. The van der Waals surface area contributed by atoms with Crippen LogP contribution < -0.4 is 0 Å². The van der Waals surface area contributed by atoms with Crippen LogP contribution >= 0.6 is 23.8 Å². The number of nitrogens with zero attached hydrogens (tertiary/aromatic N) is 1. The van der Waals surface area contributed by atoms with E-state index < -0.39 is 0 Å². The van der Waals surface area contributed by atoms with E-state index in [1.807, 2.05) is 18.2 Å². The van der Waals surface area contributed by atoms with Crippen molar-refractivity contribution in [3.63, 3.8) is 0 Å². The molecule has 2 unspecified atom stereocenters. The van der Waals surface area contributed by atoms with Crippen molar-refractivity contribution in [3.05, 3.63) is 28.0 Å². The lowest BCUT2D eigenvalue weighted by molar-refractivity contribution is 0.106. The number of benzene rings is 1. The summed E-state index contributed by atoms with van der Waals surface area (Å²) in [7, 11) is 1.77. The summed E-state index contributed by atoms with van der Waals surface area (Å²) in [6, 6.07) is 6.24. The molecule has 2 atom stereocenters. The van der Waals surface area contributed by atoms with Gasteiger partial charge in [0.1, 0.15) is 0 Å². The van der Waals surface area contributed by atoms with Gasteiger partial charge in [-0.05, 0) is 43.6 Å². The highest BCUT2D eigenvalue weighted by atomic mass is 35.5. The first-order chi connectivity index (χ1) is 8.70. The van der Waals surface area contributed by atoms with Gasteiger partial charge in [0, 0.05) is 13.2 Å². The summed E-state index contributed by atoms with van der Waals surface area (Å²) in [5, 5.41) is 0.751. The molecule has 1 N–H and O–H groups in total. The molecule has 0 aliphatic heterocycles. The Morgan fingerprint density at radius 3 is 3.00 bits per heavy atom. The van der Waals surface area contributed by atoms with Crippen LogP contribution in [0.4, 0.5) is 0 Å². The molecule has 5 heteroatoms. The third-order valence-corrected chi connectivity index (χ3v) is 4.35. The minimum Gasteiger partial charge on any atom is -0.381 e. The van der Waals surface area contributed by atoms with E-state index in [1.54, 1.807) is 7.11 Å². The molecule has 1 aromatic heterocycles. The molecule has 18 heavy (non-hydrogen) atoms. The normalized spacial score (nSPS) is 23.9. The van der Waals surface area contributed by atoms with Crippen LogP contribution in [-0.4, -0.2) is 22.8 Å². The minimum absolute atomic E-state index is 0.337. The number of nitrogens with one attached hydrogen (secondary N) is 1. The van der Waals surface area contributed by atoms with Crippen LogP contribution in [0.3, 0.4) is 0 Å². The maximum absolute atomic E-state index is 6.31. The summed E-state index contributed by atoms with van der Waals surface area (Å²) in [4.78, 5) is 3.23. The molecular weight excluding hydrogens is 268 g/mol. The monoisotopic (exact) mass is 282 g/mol. The minimum atomic E-state index is 0.337. The van der Waals surface area contributed by atoms with Gasteiger partial charge in [-0.3, -0.25) is 0 Å². The van der Waals surface area contributed by atoms with Gasteiger partial charge in [-0.2, -0.15) is 0 Å². The van der Waals surface area contributed by atoms with Crippen molar-refractivity contribution in [2.75, 3.05) is 7.11 Å². The maximum atomic E-state index is 6.31. The van der Waals surface area contributed by atoms with E-state index >= 15 is 0 Å². The van der Waals surface area contributed by atoms with Crippen LogP contribution in [0, 0.1) is 4.77 Å². The number of fused-ring (bicyclic) bond motifs is 1. The Hall–Kier alpha value is -0.840. The van der Waals surface area contributed by atoms with Crippen molar-refractivity contribution in [1.82, 2.24) is 9.55 Å². The fraction of sp³-hybridized carbons (Fsp3) is 0.462. The number of imidazole rings is 1. The number of halogens is 1. The zero-order valence-electron chi connectivity index (χ0n) is 10.1. The van der Waals surface area contributed by atoms with Crippen molar-refractivity contribution >= 4 is 34.9 Å². The lowest BCUT2D eigenvalue weighted by Gasteiger charge is -2.14. The average Bonchev–Trinajstić information content (AvgIpc) is 2.92. The lowest BCUT2D eigenvalue weighted by atomic mass is 10.2. The topological polar surface area (TPSA) is 29.9 Å². The molecule has 1 aliphatic rings. The van der Waals surface area contributed by atoms with Gasteiger partial charge in [-0.1, -0.05) is 17.7 Å². The summed E-state index contributed by atoms with van der Waals surface area (Å²) in [6.45, 7) is 0. The smallest absolute Gasteiger partial charge is 0.178 e. The van der Waals surface area contributed by atoms with Gasteiger partial charge in [0.25, 0.3) is 0 Å². The summed E-state index contributed by atoms with van der Waals surface area (Å²) < 4.78 is 8.34. The Morgan fingerprint density at radius 2 is 2.28 bits per heavy atom. The Labute approximate surface area is 116 Å². The van der Waals surface area contributed by atoms with Crippen molar-refractivity contribution in [1.29, 1.82) is 0 Å². The van der Waals surface area contributed by atoms with Crippen molar-refractivity contribution in [2.45, 2.75) is 31.4 Å². The molecular formula is C13H15ClN2OS. The van der Waals surface area contributed by atoms with E-state index in [2.05, 4.69) is 9.55 Å². The molecule has 0 amide bonds. The number of hydrogen-bond donors (Lipinski definition) is 1. The Morgan fingerprint density at radius 1 is 1.44 bits per heavy atom. The molecule has 1 aromatic carbocycles. The standard InChI is InChI=1S/C13H15ClN2OS/c1-17-9-6-5-8(7-9)16-12-10(14)3-2-4-11(12)15-13(16)18/h2-4,8-9H,5-7H2,1H3,(H,15,18). The first kappa shape index (κ1) is 12.2. The Kier molecular flexibility index (Phi) is 3.18. The molecule has 0 radical (unpaired) electrons. The maximum Gasteiger partial charge on any atom is 0.178 e. The van der Waals surface area contributed by atoms with E-state index in [-0.39, 0.29) is 0 Å². The van der Waals surface area contributed by atoms with Gasteiger partial charge in [-0.25, -0.2) is 0 Å². The van der Waals surface area contributed by atoms with E-state index in [9.17, 15) is 0 Å². The zero-order chi connectivity index (χ0) is 12.7. The second-order valence-electron chi connectivity index (χ2n) is 4.76. The van der Waals surface area contributed by atoms with Gasteiger partial charge in [0.15, 0.2) is 4.77 Å². The summed E-state index contributed by atoms with van der Waals surface area (Å²) in [6.07, 6.45) is 3.51. The molecule has 0 saturated heterocycles. The van der Waals surface area contributed by atoms with Gasteiger partial charge in [-0.15, -0.1) is 0 Å². The number of H-pyrrole nitrogens is 1. The summed E-state index contributed by atoms with van der Waals surface area (Å²) in [5.41, 5.74) is 2.03. The molecule has 1 saturated carbocycles. The molecule has 1 heterocycles. The van der Waals surface area contributed by atoms with E-state index in [4.69, 9.17) is 28.6 Å². The Balaban J connectivity index is 2.12. The Bertz CT molecular complexity index is 633. The molecule has 1 aliphatic carbocycles. The molecule has 2 aromatic rings. The summed E-state index contributed by atoms with van der Waals surface area (Å²) >= 11 is 11.7. The van der Waals surface area contributed by atoms with Gasteiger partial charge in [0.2, 0.25) is 0 Å². The highest BCUT2D eigenvalue weighted by Gasteiger charge is 2.27. The van der Waals surface area contributed by atoms with Crippen LogP contribution in [0.5, 0.6) is 0 Å². The van der Waals surface area contributed by atoms with Gasteiger partial charge >= 0.3 is 0 Å². The number of aromatic amines is 1. The number of para-hydroxylation sites is 1. The van der Waals surface area contributed by atoms with Gasteiger partial charge in [0.05, 0.1) is 22.2 Å². The van der Waals surface area contributed by atoms with E-state index in [1.165, 1.54) is 0 Å². The SMILES string of the molecule is COC1CCC(n2c(=S)[nH]c3cccc(Cl)c32)C1. The lowest BCUT2D eigenvalue weighted by Crippen LogP contribution is -2.09. The third-order valence-electron chi connectivity index (χ3n) is 3.74. The van der Waals surface area contributed by atoms with Crippen molar-refractivity contribution in [2.24, 2.45) is 0 Å². The number of aromatic nitrogens is 2. The second-order valence-corrected chi connectivity index (χ2v) is 5.55. The number of hydrogen-bond acceptors (Lipinski definition) is 2. The van der Waals surface area contributed by atoms with Gasteiger partial charge < -0.3 is 14.3 Å². The second kappa shape index (κ2) is 4.68. The third kappa shape index (κ3) is 1.88. The number of ether oxygens (including phenoxy) is 1. The molecule has 3 rings (SSSR count). The predicted octanol–water partition coefficient (Wildman–Crippen LogP) is 4.09. The van der Waals surface area contributed by atoms with Crippen LogP contribution in [0.2, 0.25) is 5.02 Å². The molecule has 3 nitrogen and oxygen atoms in total. The molecule has 0 spiro atoms. The molecule has 0 bridgehead atoms. The van der Waals surface area contributed by atoms with Crippen LogP contribution in [0.15, 0.2) is 18.2 Å². The van der Waals surface area contributed by atoms with Crippen molar-refractivity contribution < 1.29 is 4.74 Å². The van der Waals surface area contributed by atoms with E-state index in [0.29, 0.717) is 12.1 Å². The highest BCUT2D eigenvalue weighted by molar-refractivity contribution is 7.71. The quantitative estimate of drug-likeness (QED) is 0.841. The summed E-state index contributed by atoms with van der Waals surface area (Å²) in [5.74, 6) is 0. The van der Waals surface area contributed by atoms with Crippen LogP contribution in [0.1, 0.15) is 25.3 Å². The number of rotatable bonds is 2.